The monoisotopic (exact) mass is 438 g/mol. The van der Waals surface area contributed by atoms with Crippen molar-refractivity contribution >= 4 is 34.5 Å². The molecule has 2 N–H and O–H groups in total. The van der Waals surface area contributed by atoms with E-state index in [4.69, 9.17) is 9.68 Å². The van der Waals surface area contributed by atoms with Crippen LogP contribution in [0.15, 0.2) is 83.6 Å². The Kier molecular flexibility index (Phi) is 6.67. The molecule has 164 valence electrons. The number of amides is 2. The van der Waals surface area contributed by atoms with Gasteiger partial charge in [0, 0.05) is 47.5 Å². The zero-order valence-corrected chi connectivity index (χ0v) is 17.8. The largest absolute Gasteiger partial charge is 0.459 e. The van der Waals surface area contributed by atoms with Gasteiger partial charge >= 0.3 is 0 Å². The van der Waals surface area contributed by atoms with Crippen molar-refractivity contribution in [3.8, 4) is 6.07 Å². The van der Waals surface area contributed by atoms with Gasteiger partial charge in [-0.1, -0.05) is 30.3 Å². The normalized spacial score (nSPS) is 10.9. The highest BCUT2D eigenvalue weighted by Crippen LogP contribution is 2.22. The van der Waals surface area contributed by atoms with E-state index in [9.17, 15) is 9.59 Å². The van der Waals surface area contributed by atoms with E-state index in [-0.39, 0.29) is 17.6 Å². The zero-order chi connectivity index (χ0) is 23.0. The molecule has 2 amide bonds. The number of furan rings is 1. The summed E-state index contributed by atoms with van der Waals surface area (Å²) in [6.45, 7) is 0.967. The molecule has 2 heterocycles. The van der Waals surface area contributed by atoms with Crippen LogP contribution in [-0.4, -0.2) is 16.4 Å². The summed E-state index contributed by atoms with van der Waals surface area (Å²) in [5.41, 5.74) is 3.50. The molecule has 0 spiro atoms. The molecule has 0 aliphatic rings. The molecule has 0 atom stereocenters. The standard InChI is InChI=1S/C26H22N4O3/c27-14-4-15-30-18-20(22-5-1-2-6-23(22)30)10-13-25(31)28-17-19-8-11-21(12-9-19)29-26(32)24-7-3-16-33-24/h1-3,5-13,16,18H,4,15,17H2,(H,28,31)(H,29,32)/b13-10+. The van der Waals surface area contributed by atoms with Gasteiger partial charge in [0.15, 0.2) is 5.76 Å². The minimum atomic E-state index is -0.319. The van der Waals surface area contributed by atoms with E-state index in [0.29, 0.717) is 25.2 Å². The van der Waals surface area contributed by atoms with Crippen molar-refractivity contribution in [3.05, 3.63) is 96.1 Å². The first kappa shape index (κ1) is 21.7. The summed E-state index contributed by atoms with van der Waals surface area (Å²) >= 11 is 0. The molecule has 0 radical (unpaired) electrons. The third-order valence-electron chi connectivity index (χ3n) is 5.12. The molecule has 33 heavy (non-hydrogen) atoms. The van der Waals surface area contributed by atoms with Crippen molar-refractivity contribution in [3.63, 3.8) is 0 Å². The SMILES string of the molecule is N#CCCn1cc(/C=C/C(=O)NCc2ccc(NC(=O)c3ccco3)cc2)c2ccccc21. The first-order valence-electron chi connectivity index (χ1n) is 10.5. The van der Waals surface area contributed by atoms with Crippen LogP contribution < -0.4 is 10.6 Å². The van der Waals surface area contributed by atoms with Gasteiger partial charge in [0.05, 0.1) is 18.8 Å². The molecule has 0 fully saturated rings. The molecule has 4 rings (SSSR count). The maximum atomic E-state index is 12.3. The van der Waals surface area contributed by atoms with Crippen LogP contribution in [0.25, 0.3) is 17.0 Å². The van der Waals surface area contributed by atoms with E-state index in [1.165, 1.54) is 12.3 Å². The summed E-state index contributed by atoms with van der Waals surface area (Å²) in [6, 6.07) is 20.6. The smallest absolute Gasteiger partial charge is 0.291 e. The number of nitrogens with zero attached hydrogens (tertiary/aromatic N) is 2. The Bertz CT molecular complexity index is 1330. The number of anilines is 1. The predicted octanol–water partition coefficient (Wildman–Crippen LogP) is 4.73. The number of carbonyl (C=O) groups is 2. The Morgan fingerprint density at radius 3 is 2.64 bits per heavy atom. The van der Waals surface area contributed by atoms with Crippen LogP contribution in [0.4, 0.5) is 5.69 Å². The summed E-state index contributed by atoms with van der Waals surface area (Å²) in [5.74, 6) is -0.287. The topological polar surface area (TPSA) is 100 Å². The van der Waals surface area contributed by atoms with Crippen molar-refractivity contribution in [2.24, 2.45) is 0 Å². The van der Waals surface area contributed by atoms with Gasteiger partial charge in [-0.2, -0.15) is 5.26 Å². The Morgan fingerprint density at radius 1 is 1.06 bits per heavy atom. The van der Waals surface area contributed by atoms with Gasteiger partial charge < -0.3 is 19.6 Å². The number of rotatable bonds is 8. The Labute approximate surface area is 190 Å². The maximum absolute atomic E-state index is 12.3. The van der Waals surface area contributed by atoms with Gasteiger partial charge in [-0.3, -0.25) is 9.59 Å². The maximum Gasteiger partial charge on any atom is 0.291 e. The highest BCUT2D eigenvalue weighted by molar-refractivity contribution is 6.02. The lowest BCUT2D eigenvalue weighted by molar-refractivity contribution is -0.116. The van der Waals surface area contributed by atoms with Crippen LogP contribution in [-0.2, 0) is 17.9 Å². The first-order valence-corrected chi connectivity index (χ1v) is 10.5. The van der Waals surface area contributed by atoms with E-state index >= 15 is 0 Å². The number of aryl methyl sites for hydroxylation is 1. The van der Waals surface area contributed by atoms with E-state index in [1.807, 2.05) is 47.2 Å². The minimum Gasteiger partial charge on any atom is -0.459 e. The lowest BCUT2D eigenvalue weighted by Crippen LogP contribution is -2.20. The lowest BCUT2D eigenvalue weighted by atomic mass is 10.1. The first-order chi connectivity index (χ1) is 16.1. The molecule has 0 unspecified atom stereocenters. The summed E-state index contributed by atoms with van der Waals surface area (Å²) in [7, 11) is 0. The van der Waals surface area contributed by atoms with Crippen LogP contribution in [0.5, 0.6) is 0 Å². The minimum absolute atomic E-state index is 0.209. The quantitative estimate of drug-likeness (QED) is 0.389. The second-order valence-corrected chi connectivity index (χ2v) is 7.38. The van der Waals surface area contributed by atoms with E-state index in [2.05, 4.69) is 16.7 Å². The van der Waals surface area contributed by atoms with E-state index in [1.54, 1.807) is 30.3 Å². The van der Waals surface area contributed by atoms with Crippen molar-refractivity contribution in [2.75, 3.05) is 5.32 Å². The van der Waals surface area contributed by atoms with Crippen LogP contribution in [0.1, 0.15) is 28.1 Å². The third-order valence-corrected chi connectivity index (χ3v) is 5.12. The molecule has 7 heteroatoms. The number of aromatic nitrogens is 1. The fourth-order valence-corrected chi connectivity index (χ4v) is 3.48. The van der Waals surface area contributed by atoms with Crippen molar-refractivity contribution < 1.29 is 14.0 Å². The fourth-order valence-electron chi connectivity index (χ4n) is 3.48. The number of hydrogen-bond donors (Lipinski definition) is 2. The molecular formula is C26H22N4O3. The summed E-state index contributed by atoms with van der Waals surface area (Å²) in [4.78, 5) is 24.3. The van der Waals surface area contributed by atoms with Crippen LogP contribution in [0.2, 0.25) is 0 Å². The molecule has 0 aliphatic carbocycles. The average molecular weight is 438 g/mol. The third kappa shape index (κ3) is 5.38. The Balaban J connectivity index is 1.34. The van der Waals surface area contributed by atoms with Gasteiger partial charge in [0.2, 0.25) is 5.91 Å². The number of nitriles is 1. The number of hydrogen-bond acceptors (Lipinski definition) is 4. The Morgan fingerprint density at radius 2 is 1.88 bits per heavy atom. The average Bonchev–Trinajstić information content (AvgIpc) is 3.50. The molecule has 0 bridgehead atoms. The zero-order valence-electron chi connectivity index (χ0n) is 17.8. The Hall–Kier alpha value is -4.57. The molecule has 0 saturated carbocycles. The van der Waals surface area contributed by atoms with Crippen molar-refractivity contribution in [1.82, 2.24) is 9.88 Å². The fraction of sp³-hybridized carbons (Fsp3) is 0.115. The molecule has 0 saturated heterocycles. The molecule has 2 aromatic heterocycles. The summed E-state index contributed by atoms with van der Waals surface area (Å²) in [5, 5.41) is 15.5. The second kappa shape index (κ2) is 10.2. The summed E-state index contributed by atoms with van der Waals surface area (Å²) < 4.78 is 7.10. The lowest BCUT2D eigenvalue weighted by Gasteiger charge is -2.06. The van der Waals surface area contributed by atoms with Gasteiger partial charge in [-0.05, 0) is 42.0 Å². The molecular weight excluding hydrogens is 416 g/mol. The molecule has 0 aliphatic heterocycles. The van der Waals surface area contributed by atoms with Crippen LogP contribution in [0.3, 0.4) is 0 Å². The molecule has 7 nitrogen and oxygen atoms in total. The predicted molar refractivity (Wildman–Crippen MR) is 126 cm³/mol. The van der Waals surface area contributed by atoms with Crippen molar-refractivity contribution in [1.29, 1.82) is 5.26 Å². The van der Waals surface area contributed by atoms with Crippen LogP contribution >= 0.6 is 0 Å². The van der Waals surface area contributed by atoms with Gasteiger partial charge in [-0.25, -0.2) is 0 Å². The number of para-hydroxylation sites is 1. The van der Waals surface area contributed by atoms with Gasteiger partial charge in [0.1, 0.15) is 0 Å². The summed E-state index contributed by atoms with van der Waals surface area (Å²) in [6.07, 6.45) is 7.12. The highest BCUT2D eigenvalue weighted by Gasteiger charge is 2.09. The molecule has 4 aromatic rings. The number of carbonyl (C=O) groups excluding carboxylic acids is 2. The van der Waals surface area contributed by atoms with Gasteiger partial charge in [0.25, 0.3) is 5.91 Å². The van der Waals surface area contributed by atoms with E-state index in [0.717, 1.165) is 22.0 Å². The van der Waals surface area contributed by atoms with E-state index < -0.39 is 0 Å². The van der Waals surface area contributed by atoms with Crippen LogP contribution in [0, 0.1) is 11.3 Å². The molecule has 2 aromatic carbocycles. The highest BCUT2D eigenvalue weighted by atomic mass is 16.3. The number of fused-ring (bicyclic) bond motifs is 1. The number of benzene rings is 2. The second-order valence-electron chi connectivity index (χ2n) is 7.38. The van der Waals surface area contributed by atoms with Crippen molar-refractivity contribution in [2.45, 2.75) is 19.5 Å². The number of nitrogens with one attached hydrogen (secondary N) is 2. The van der Waals surface area contributed by atoms with Gasteiger partial charge in [-0.15, -0.1) is 0 Å².